The Bertz CT molecular complexity index is 323. The molecular weight excluding hydrogens is 230 g/mol. The lowest BCUT2D eigenvalue weighted by molar-refractivity contribution is 0.0701. The van der Waals surface area contributed by atoms with Gasteiger partial charge in [0.1, 0.15) is 4.88 Å². The van der Waals surface area contributed by atoms with Gasteiger partial charge in [0.2, 0.25) is 0 Å². The molecule has 1 rings (SSSR count). The first-order chi connectivity index (χ1) is 7.11. The highest BCUT2D eigenvalue weighted by atomic mass is 32.2. The molecule has 1 aromatic heterocycles. The minimum Gasteiger partial charge on any atom is -0.477 e. The molecule has 1 N–H and O–H groups in total. The molecule has 0 aromatic carbocycles. The van der Waals surface area contributed by atoms with Crippen LogP contribution in [0.15, 0.2) is 11.4 Å². The normalized spacial score (nSPS) is 10.9. The van der Waals surface area contributed by atoms with E-state index in [0.717, 1.165) is 23.6 Å². The van der Waals surface area contributed by atoms with Crippen LogP contribution in [-0.4, -0.2) is 42.4 Å². The van der Waals surface area contributed by atoms with E-state index in [1.807, 2.05) is 25.5 Å². The molecule has 0 saturated carbocycles. The van der Waals surface area contributed by atoms with Gasteiger partial charge >= 0.3 is 5.97 Å². The SMILES string of the molecule is CN(C)CCSCc1ccsc1C(=O)O. The smallest absolute Gasteiger partial charge is 0.346 e. The lowest BCUT2D eigenvalue weighted by Gasteiger charge is -2.08. The predicted molar refractivity (Wildman–Crippen MR) is 66.0 cm³/mol. The van der Waals surface area contributed by atoms with Crippen molar-refractivity contribution in [2.45, 2.75) is 5.75 Å². The Morgan fingerprint density at radius 2 is 2.33 bits per heavy atom. The molecule has 3 nitrogen and oxygen atoms in total. The van der Waals surface area contributed by atoms with Crippen molar-refractivity contribution in [3.05, 3.63) is 21.9 Å². The molecule has 0 aliphatic carbocycles. The van der Waals surface area contributed by atoms with Crippen LogP contribution < -0.4 is 0 Å². The highest BCUT2D eigenvalue weighted by molar-refractivity contribution is 7.98. The number of carboxylic acid groups (broad SMARTS) is 1. The van der Waals surface area contributed by atoms with E-state index in [1.54, 1.807) is 11.8 Å². The summed E-state index contributed by atoms with van der Waals surface area (Å²) in [6.07, 6.45) is 0. The van der Waals surface area contributed by atoms with Gasteiger partial charge in [-0.1, -0.05) is 0 Å². The average molecular weight is 245 g/mol. The summed E-state index contributed by atoms with van der Waals surface area (Å²) in [4.78, 5) is 13.4. The lowest BCUT2D eigenvalue weighted by Crippen LogP contribution is -2.14. The molecule has 5 heteroatoms. The monoisotopic (exact) mass is 245 g/mol. The highest BCUT2D eigenvalue weighted by Crippen LogP contribution is 2.21. The van der Waals surface area contributed by atoms with Crippen molar-refractivity contribution >= 4 is 29.1 Å². The van der Waals surface area contributed by atoms with E-state index >= 15 is 0 Å². The molecule has 0 amide bonds. The molecule has 84 valence electrons. The Balaban J connectivity index is 2.37. The minimum absolute atomic E-state index is 0.479. The Hall–Kier alpha value is -0.520. The zero-order valence-electron chi connectivity index (χ0n) is 8.90. The van der Waals surface area contributed by atoms with Gasteiger partial charge in [-0.2, -0.15) is 11.8 Å². The van der Waals surface area contributed by atoms with Gasteiger partial charge < -0.3 is 10.0 Å². The first-order valence-electron chi connectivity index (χ1n) is 4.63. The summed E-state index contributed by atoms with van der Waals surface area (Å²) in [6, 6.07) is 1.90. The molecule has 1 aromatic rings. The van der Waals surface area contributed by atoms with Crippen LogP contribution >= 0.6 is 23.1 Å². The van der Waals surface area contributed by atoms with Gasteiger partial charge in [-0.3, -0.25) is 0 Å². The van der Waals surface area contributed by atoms with Gasteiger partial charge in [0.15, 0.2) is 0 Å². The molecule has 0 aliphatic rings. The van der Waals surface area contributed by atoms with E-state index in [1.165, 1.54) is 11.3 Å². The first kappa shape index (κ1) is 12.5. The van der Waals surface area contributed by atoms with Gasteiger partial charge in [0.25, 0.3) is 0 Å². The van der Waals surface area contributed by atoms with Crippen LogP contribution in [0.3, 0.4) is 0 Å². The maximum Gasteiger partial charge on any atom is 0.346 e. The number of thioether (sulfide) groups is 1. The van der Waals surface area contributed by atoms with Crippen LogP contribution in [-0.2, 0) is 5.75 Å². The summed E-state index contributed by atoms with van der Waals surface area (Å²) < 4.78 is 0. The maximum atomic E-state index is 10.8. The van der Waals surface area contributed by atoms with Gasteiger partial charge in [-0.15, -0.1) is 11.3 Å². The zero-order chi connectivity index (χ0) is 11.3. The van der Waals surface area contributed by atoms with Crippen LogP contribution in [0.5, 0.6) is 0 Å². The van der Waals surface area contributed by atoms with E-state index in [4.69, 9.17) is 5.11 Å². The topological polar surface area (TPSA) is 40.5 Å². The fraction of sp³-hybridized carbons (Fsp3) is 0.500. The number of carbonyl (C=O) groups is 1. The third-order valence-electron chi connectivity index (χ3n) is 1.88. The van der Waals surface area contributed by atoms with Crippen molar-refractivity contribution < 1.29 is 9.90 Å². The summed E-state index contributed by atoms with van der Waals surface area (Å²) >= 11 is 3.07. The molecule has 15 heavy (non-hydrogen) atoms. The van der Waals surface area contributed by atoms with Crippen molar-refractivity contribution in [2.24, 2.45) is 0 Å². The zero-order valence-corrected chi connectivity index (χ0v) is 10.5. The molecule has 0 saturated heterocycles. The summed E-state index contributed by atoms with van der Waals surface area (Å²) in [5.74, 6) is 1.01. The van der Waals surface area contributed by atoms with Crippen molar-refractivity contribution in [3.8, 4) is 0 Å². The first-order valence-corrected chi connectivity index (χ1v) is 6.67. The van der Waals surface area contributed by atoms with Crippen molar-refractivity contribution in [2.75, 3.05) is 26.4 Å². The molecule has 0 bridgehead atoms. The van der Waals surface area contributed by atoms with Crippen molar-refractivity contribution in [1.29, 1.82) is 0 Å². The molecule has 0 fully saturated rings. The molecule has 0 atom stereocenters. The highest BCUT2D eigenvalue weighted by Gasteiger charge is 2.10. The number of hydrogen-bond acceptors (Lipinski definition) is 4. The number of thiophene rings is 1. The minimum atomic E-state index is -0.812. The Morgan fingerprint density at radius 1 is 1.60 bits per heavy atom. The predicted octanol–water partition coefficient (Wildman–Crippen LogP) is 2.24. The van der Waals surface area contributed by atoms with Crippen LogP contribution in [0.25, 0.3) is 0 Å². The quantitative estimate of drug-likeness (QED) is 0.780. The summed E-state index contributed by atoms with van der Waals surface area (Å²) in [5.41, 5.74) is 0.941. The number of hydrogen-bond donors (Lipinski definition) is 1. The molecule has 1 heterocycles. The van der Waals surface area contributed by atoms with Gasteiger partial charge in [-0.25, -0.2) is 4.79 Å². The summed E-state index contributed by atoms with van der Waals surface area (Å²) in [5, 5.41) is 10.7. The van der Waals surface area contributed by atoms with Crippen LogP contribution in [0, 0.1) is 0 Å². The average Bonchev–Trinajstić information content (AvgIpc) is 2.60. The van der Waals surface area contributed by atoms with Gasteiger partial charge in [0.05, 0.1) is 0 Å². The molecule has 0 aliphatic heterocycles. The fourth-order valence-electron chi connectivity index (χ4n) is 1.07. The number of nitrogens with zero attached hydrogens (tertiary/aromatic N) is 1. The van der Waals surface area contributed by atoms with Crippen molar-refractivity contribution in [3.63, 3.8) is 0 Å². The summed E-state index contributed by atoms with van der Waals surface area (Å²) in [6.45, 7) is 1.03. The summed E-state index contributed by atoms with van der Waals surface area (Å²) in [7, 11) is 4.07. The third kappa shape index (κ3) is 4.24. The molecule has 0 unspecified atom stereocenters. The second-order valence-corrected chi connectivity index (χ2v) is 5.46. The Morgan fingerprint density at radius 3 is 2.93 bits per heavy atom. The maximum absolute atomic E-state index is 10.8. The standard InChI is InChI=1S/C10H15NO2S2/c1-11(2)4-6-14-7-8-3-5-15-9(8)10(12)13/h3,5H,4,6-7H2,1-2H3,(H,12,13). The lowest BCUT2D eigenvalue weighted by atomic mass is 10.3. The van der Waals surface area contributed by atoms with E-state index in [9.17, 15) is 4.79 Å². The fourth-order valence-corrected chi connectivity index (χ4v) is 3.02. The number of rotatable bonds is 6. The number of aromatic carboxylic acids is 1. The third-order valence-corrected chi connectivity index (χ3v) is 3.81. The van der Waals surface area contributed by atoms with Crippen molar-refractivity contribution in [1.82, 2.24) is 4.90 Å². The number of carboxylic acids is 1. The Labute approximate surface area is 98.1 Å². The molecule has 0 radical (unpaired) electrons. The van der Waals surface area contributed by atoms with E-state index in [2.05, 4.69) is 4.90 Å². The van der Waals surface area contributed by atoms with E-state index in [0.29, 0.717) is 4.88 Å². The van der Waals surface area contributed by atoms with Gasteiger partial charge in [0, 0.05) is 18.1 Å². The van der Waals surface area contributed by atoms with Crippen LogP contribution in [0.2, 0.25) is 0 Å². The van der Waals surface area contributed by atoms with Crippen LogP contribution in [0.1, 0.15) is 15.2 Å². The second kappa shape index (κ2) is 6.15. The van der Waals surface area contributed by atoms with E-state index in [-0.39, 0.29) is 0 Å². The van der Waals surface area contributed by atoms with Crippen LogP contribution in [0.4, 0.5) is 0 Å². The second-order valence-electron chi connectivity index (χ2n) is 3.44. The van der Waals surface area contributed by atoms with Gasteiger partial charge in [-0.05, 0) is 31.1 Å². The molecular formula is C10H15NO2S2. The Kier molecular flexibility index (Phi) is 5.14. The largest absolute Gasteiger partial charge is 0.477 e. The van der Waals surface area contributed by atoms with E-state index < -0.39 is 5.97 Å². The molecule has 0 spiro atoms.